The predicted molar refractivity (Wildman–Crippen MR) is 161 cm³/mol. The number of esters is 1. The molecular weight excluding hydrogens is 554 g/mol. The van der Waals surface area contributed by atoms with Crippen molar-refractivity contribution < 1.29 is 29.3 Å². The molecule has 0 fully saturated rings. The summed E-state index contributed by atoms with van der Waals surface area (Å²) in [6, 6.07) is 9.11. The van der Waals surface area contributed by atoms with Gasteiger partial charge in [-0.1, -0.05) is 27.7 Å². The van der Waals surface area contributed by atoms with Crippen LogP contribution in [0.15, 0.2) is 47.4 Å². The maximum absolute atomic E-state index is 13.8. The zero-order valence-electron chi connectivity index (χ0n) is 25.7. The van der Waals surface area contributed by atoms with Crippen molar-refractivity contribution in [2.24, 2.45) is 13.0 Å². The lowest BCUT2D eigenvalue weighted by atomic mass is 9.98. The molecular formula is C31H39N5O7. The first-order valence-electron chi connectivity index (χ1n) is 14.0. The van der Waals surface area contributed by atoms with Crippen LogP contribution in [0, 0.1) is 5.92 Å². The summed E-state index contributed by atoms with van der Waals surface area (Å²) in [6.45, 7) is 11.8. The van der Waals surface area contributed by atoms with E-state index in [-0.39, 0.29) is 34.7 Å². The van der Waals surface area contributed by atoms with Crippen LogP contribution < -0.4 is 11.0 Å². The number of carbonyl (C=O) groups excluding carboxylic acids is 2. The van der Waals surface area contributed by atoms with Gasteiger partial charge in [-0.3, -0.25) is 0 Å². The monoisotopic (exact) mass is 593 g/mol. The van der Waals surface area contributed by atoms with Gasteiger partial charge in [-0.05, 0) is 68.5 Å². The molecule has 230 valence electrons. The first kappa shape index (κ1) is 31.2. The minimum atomic E-state index is -1.04. The molecule has 3 N–H and O–H groups in total. The van der Waals surface area contributed by atoms with Crippen LogP contribution in [0.3, 0.4) is 0 Å². The van der Waals surface area contributed by atoms with Crippen molar-refractivity contribution in [2.75, 3.05) is 0 Å². The largest absolute Gasteiger partial charge is 0.508 e. The van der Waals surface area contributed by atoms with E-state index >= 15 is 0 Å². The van der Waals surface area contributed by atoms with Crippen LogP contribution in [-0.2, 0) is 28.0 Å². The number of alkyl carbamates (subject to hydrolysis) is 1. The average molecular weight is 594 g/mol. The maximum atomic E-state index is 13.8. The van der Waals surface area contributed by atoms with Crippen LogP contribution in [0.5, 0.6) is 11.5 Å². The normalized spacial score (nSPS) is 12.6. The van der Waals surface area contributed by atoms with E-state index in [1.54, 1.807) is 46.8 Å². The Hall–Kier alpha value is -4.74. The zero-order valence-corrected chi connectivity index (χ0v) is 25.7. The molecule has 0 aliphatic carbocycles. The van der Waals surface area contributed by atoms with Crippen molar-refractivity contribution in [2.45, 2.75) is 72.8 Å². The molecule has 0 saturated heterocycles. The minimum absolute atomic E-state index is 0.0820. The first-order chi connectivity index (χ1) is 20.1. The molecule has 1 unspecified atom stereocenters. The molecule has 12 heteroatoms. The van der Waals surface area contributed by atoms with Crippen LogP contribution in [0.2, 0.25) is 0 Å². The number of nitrogens with one attached hydrogen (secondary N) is 1. The van der Waals surface area contributed by atoms with Gasteiger partial charge in [0, 0.05) is 30.2 Å². The molecule has 43 heavy (non-hydrogen) atoms. The topological polar surface area (TPSA) is 150 Å². The molecule has 0 radical (unpaired) electrons. The Labute approximate surface area is 249 Å². The Morgan fingerprint density at radius 2 is 1.72 bits per heavy atom. The van der Waals surface area contributed by atoms with E-state index in [4.69, 9.17) is 9.47 Å². The summed E-state index contributed by atoms with van der Waals surface area (Å²) in [5.41, 5.74) is 0.804. The molecule has 0 spiro atoms. The lowest BCUT2D eigenvalue weighted by Crippen LogP contribution is -2.47. The van der Waals surface area contributed by atoms with E-state index in [1.165, 1.54) is 10.6 Å². The van der Waals surface area contributed by atoms with Gasteiger partial charge in [0.15, 0.2) is 12.6 Å². The molecule has 0 aliphatic rings. The van der Waals surface area contributed by atoms with Gasteiger partial charge < -0.3 is 29.6 Å². The van der Waals surface area contributed by atoms with Crippen molar-refractivity contribution in [1.82, 2.24) is 24.2 Å². The Morgan fingerprint density at radius 1 is 1.02 bits per heavy atom. The summed E-state index contributed by atoms with van der Waals surface area (Å²) in [7, 11) is 1.91. The fourth-order valence-electron chi connectivity index (χ4n) is 4.69. The number of ether oxygens (including phenoxy) is 2. The van der Waals surface area contributed by atoms with Crippen molar-refractivity contribution in [3.8, 4) is 28.6 Å². The van der Waals surface area contributed by atoms with Crippen LogP contribution in [0.25, 0.3) is 28.0 Å². The molecule has 1 atom stereocenters. The van der Waals surface area contributed by atoms with Crippen LogP contribution in [0.4, 0.5) is 4.79 Å². The van der Waals surface area contributed by atoms with Crippen molar-refractivity contribution in [3.63, 3.8) is 0 Å². The van der Waals surface area contributed by atoms with Crippen LogP contribution >= 0.6 is 0 Å². The molecule has 2 aromatic carbocycles. The highest BCUT2D eigenvalue weighted by atomic mass is 16.6. The van der Waals surface area contributed by atoms with Gasteiger partial charge in [-0.15, -0.1) is 5.10 Å². The minimum Gasteiger partial charge on any atom is -0.508 e. The lowest BCUT2D eigenvalue weighted by Gasteiger charge is -2.24. The SMILES string of the molecule is CC(C)c1cc(-c2nn(COC(=O)C(NC(=O)OC(C)(C)C)C(C)C)c(=O)n2-c2ccc3c(ccn3C)c2)c(O)cc1O. The third kappa shape index (κ3) is 6.68. The predicted octanol–water partition coefficient (Wildman–Crippen LogP) is 4.78. The molecule has 2 aromatic heterocycles. The van der Waals surface area contributed by atoms with Gasteiger partial charge in [0.1, 0.15) is 23.1 Å². The summed E-state index contributed by atoms with van der Waals surface area (Å²) >= 11 is 0. The number of hydrogen-bond donors (Lipinski definition) is 3. The maximum Gasteiger partial charge on any atom is 0.408 e. The number of aromatic nitrogens is 4. The number of phenolic OH excluding ortho intramolecular Hbond substituents is 2. The van der Waals surface area contributed by atoms with Gasteiger partial charge in [0.05, 0.1) is 11.3 Å². The van der Waals surface area contributed by atoms with Crippen LogP contribution in [0.1, 0.15) is 59.9 Å². The van der Waals surface area contributed by atoms with Crippen molar-refractivity contribution in [3.05, 3.63) is 58.6 Å². The highest BCUT2D eigenvalue weighted by Crippen LogP contribution is 2.37. The highest BCUT2D eigenvalue weighted by molar-refractivity contribution is 5.83. The number of aromatic hydroxyl groups is 2. The summed E-state index contributed by atoms with van der Waals surface area (Å²) in [5.74, 6) is -1.48. The fourth-order valence-corrected chi connectivity index (χ4v) is 4.69. The number of nitrogens with zero attached hydrogens (tertiary/aromatic N) is 4. The van der Waals surface area contributed by atoms with E-state index in [2.05, 4.69) is 10.4 Å². The zero-order chi connectivity index (χ0) is 31.8. The number of phenols is 2. The number of hydrogen-bond acceptors (Lipinski definition) is 8. The van der Waals surface area contributed by atoms with Crippen molar-refractivity contribution >= 4 is 23.0 Å². The quantitative estimate of drug-likeness (QED) is 0.247. The standard InChI is InChI=1S/C31H39N5O7/c1-17(2)21-14-22(25(38)15-24(21)37)27-33-35(16-42-28(39)26(18(3)4)32-29(40)43-31(5,6)7)30(41)36(27)20-9-10-23-19(13-20)11-12-34(23)8/h9-15,17-18,26,37-38H,16H2,1-8H3,(H,32,40). The number of carbonyl (C=O) groups is 2. The Bertz CT molecular complexity index is 1720. The van der Waals surface area contributed by atoms with Crippen molar-refractivity contribution in [1.29, 1.82) is 0 Å². The molecule has 2 heterocycles. The Morgan fingerprint density at radius 3 is 2.35 bits per heavy atom. The molecule has 0 bridgehead atoms. The third-order valence-electron chi connectivity index (χ3n) is 6.90. The number of aryl methyl sites for hydroxylation is 1. The van der Waals surface area contributed by atoms with Gasteiger partial charge in [0.2, 0.25) is 0 Å². The second kappa shape index (κ2) is 11.9. The fraction of sp³-hybridized carbons (Fsp3) is 0.419. The van der Waals surface area contributed by atoms with E-state index in [9.17, 15) is 24.6 Å². The summed E-state index contributed by atoms with van der Waals surface area (Å²) in [6.07, 6.45) is 1.13. The molecule has 4 rings (SSSR count). The van der Waals surface area contributed by atoms with Gasteiger partial charge >= 0.3 is 17.8 Å². The summed E-state index contributed by atoms with van der Waals surface area (Å²) in [4.78, 5) is 39.2. The number of fused-ring (bicyclic) bond motifs is 1. The van der Waals surface area contributed by atoms with Crippen LogP contribution in [-0.4, -0.2) is 52.8 Å². The van der Waals surface area contributed by atoms with E-state index in [0.29, 0.717) is 11.3 Å². The molecule has 4 aromatic rings. The number of benzene rings is 2. The second-order valence-corrected chi connectivity index (χ2v) is 12.2. The summed E-state index contributed by atoms with van der Waals surface area (Å²) in [5, 5.41) is 29.1. The van der Waals surface area contributed by atoms with Gasteiger partial charge in [-0.25, -0.2) is 19.0 Å². The van der Waals surface area contributed by atoms with E-state index in [1.807, 2.05) is 49.9 Å². The molecule has 12 nitrogen and oxygen atoms in total. The summed E-state index contributed by atoms with van der Waals surface area (Å²) < 4.78 is 15.0. The Kier molecular flexibility index (Phi) is 8.61. The smallest absolute Gasteiger partial charge is 0.408 e. The second-order valence-electron chi connectivity index (χ2n) is 12.2. The van der Waals surface area contributed by atoms with E-state index in [0.717, 1.165) is 15.6 Å². The number of rotatable bonds is 8. The van der Waals surface area contributed by atoms with E-state index < -0.39 is 36.1 Å². The lowest BCUT2D eigenvalue weighted by molar-refractivity contribution is -0.151. The number of amides is 1. The Balaban J connectivity index is 1.75. The van der Waals surface area contributed by atoms with Gasteiger partial charge in [0.25, 0.3) is 0 Å². The molecule has 1 amide bonds. The van der Waals surface area contributed by atoms with Gasteiger partial charge in [-0.2, -0.15) is 4.68 Å². The first-order valence-corrected chi connectivity index (χ1v) is 14.0. The average Bonchev–Trinajstić information content (AvgIpc) is 3.43. The third-order valence-corrected chi connectivity index (χ3v) is 6.90. The molecule has 0 saturated carbocycles. The molecule has 0 aliphatic heterocycles. The highest BCUT2D eigenvalue weighted by Gasteiger charge is 2.29.